The summed E-state index contributed by atoms with van der Waals surface area (Å²) in [5, 5.41) is 0. The van der Waals surface area contributed by atoms with Crippen molar-refractivity contribution in [2.24, 2.45) is 0 Å². The van der Waals surface area contributed by atoms with E-state index in [1.807, 2.05) is 0 Å². The minimum Gasteiger partial charge on any atom is -0.358 e. The first-order chi connectivity index (χ1) is 6.35. The molecule has 0 radical (unpaired) electrons. The molecule has 0 aromatic carbocycles. The highest BCUT2D eigenvalue weighted by Crippen LogP contribution is 1.88. The molecule has 0 aromatic rings. The molecule has 0 saturated heterocycles. The molecule has 0 amide bonds. The number of hydrogen-bond donors (Lipinski definition) is 2. The van der Waals surface area contributed by atoms with Crippen LogP contribution in [-0.2, 0) is 0 Å². The van der Waals surface area contributed by atoms with Gasteiger partial charge >= 0.3 is 0 Å². The van der Waals surface area contributed by atoms with Gasteiger partial charge in [-0.05, 0) is 32.1 Å². The Morgan fingerprint density at radius 2 is 1.46 bits per heavy atom. The molecule has 4 N–H and O–H groups in total. The largest absolute Gasteiger partial charge is 0.358 e. The molecule has 2 nitrogen and oxygen atoms in total. The Bertz CT molecular complexity index is 88.1. The van der Waals surface area contributed by atoms with Gasteiger partial charge < -0.3 is 10.6 Å². The van der Waals surface area contributed by atoms with Crippen molar-refractivity contribution in [3.05, 3.63) is 0 Å². The van der Waals surface area contributed by atoms with E-state index in [1.165, 1.54) is 51.7 Å². The second-order valence-corrected chi connectivity index (χ2v) is 3.91. The van der Waals surface area contributed by atoms with Crippen LogP contribution in [-0.4, -0.2) is 26.2 Å². The molecule has 80 valence electrons. The van der Waals surface area contributed by atoms with Crippen molar-refractivity contribution in [1.82, 2.24) is 0 Å². The summed E-state index contributed by atoms with van der Waals surface area (Å²) in [7, 11) is 0. The van der Waals surface area contributed by atoms with E-state index in [-0.39, 0.29) is 0 Å². The first kappa shape index (κ1) is 12.9. The predicted molar refractivity (Wildman–Crippen MR) is 57.8 cm³/mol. The van der Waals surface area contributed by atoms with E-state index in [0.717, 1.165) is 6.54 Å². The smallest absolute Gasteiger partial charge is 0.0770 e. The van der Waals surface area contributed by atoms with Crippen molar-refractivity contribution in [3.8, 4) is 0 Å². The monoisotopic (exact) mass is 188 g/mol. The third-order valence-corrected chi connectivity index (χ3v) is 2.49. The lowest BCUT2D eigenvalue weighted by Crippen LogP contribution is -3.12. The average molecular weight is 188 g/mol. The molecule has 0 spiro atoms. The SMILES string of the molecule is CCC[NH+](CCC)CCCCC[NH3+]. The number of unbranched alkanes of at least 4 members (excludes halogenated alkanes) is 2. The van der Waals surface area contributed by atoms with Gasteiger partial charge in [0, 0.05) is 0 Å². The highest BCUT2D eigenvalue weighted by molar-refractivity contribution is 4.38. The molecule has 0 heterocycles. The van der Waals surface area contributed by atoms with Crippen LogP contribution in [0.3, 0.4) is 0 Å². The molecule has 13 heavy (non-hydrogen) atoms. The minimum atomic E-state index is 1.11. The Morgan fingerprint density at radius 1 is 0.846 bits per heavy atom. The maximum Gasteiger partial charge on any atom is 0.0770 e. The summed E-state index contributed by atoms with van der Waals surface area (Å²) < 4.78 is 0. The van der Waals surface area contributed by atoms with Crippen molar-refractivity contribution >= 4 is 0 Å². The van der Waals surface area contributed by atoms with Gasteiger partial charge in [-0.2, -0.15) is 0 Å². The molecule has 0 unspecified atom stereocenters. The van der Waals surface area contributed by atoms with Gasteiger partial charge in [0.2, 0.25) is 0 Å². The van der Waals surface area contributed by atoms with E-state index < -0.39 is 0 Å². The van der Waals surface area contributed by atoms with Gasteiger partial charge in [0.05, 0.1) is 26.2 Å². The Labute approximate surface area is 83.5 Å². The Hall–Kier alpha value is -0.0800. The van der Waals surface area contributed by atoms with Crippen LogP contribution in [0.25, 0.3) is 0 Å². The van der Waals surface area contributed by atoms with Crippen LogP contribution in [0.5, 0.6) is 0 Å². The molecule has 0 bridgehead atoms. The zero-order valence-corrected chi connectivity index (χ0v) is 9.57. The quantitative estimate of drug-likeness (QED) is 0.481. The summed E-state index contributed by atoms with van der Waals surface area (Å²) in [4.78, 5) is 1.80. The fraction of sp³-hybridized carbons (Fsp3) is 1.00. The molecule has 0 aliphatic carbocycles. The van der Waals surface area contributed by atoms with Crippen molar-refractivity contribution in [3.63, 3.8) is 0 Å². The average Bonchev–Trinajstić information content (AvgIpc) is 2.13. The van der Waals surface area contributed by atoms with E-state index in [4.69, 9.17) is 0 Å². The van der Waals surface area contributed by atoms with Crippen LogP contribution >= 0.6 is 0 Å². The lowest BCUT2D eigenvalue weighted by atomic mass is 10.2. The number of nitrogens with one attached hydrogen (secondary N) is 1. The first-order valence-corrected chi connectivity index (χ1v) is 5.97. The third-order valence-electron chi connectivity index (χ3n) is 2.49. The number of rotatable bonds is 9. The van der Waals surface area contributed by atoms with E-state index >= 15 is 0 Å². The molecule has 0 atom stereocenters. The zero-order valence-electron chi connectivity index (χ0n) is 9.57. The minimum absolute atomic E-state index is 1.11. The molecule has 2 heteroatoms. The van der Waals surface area contributed by atoms with E-state index in [2.05, 4.69) is 19.6 Å². The fourth-order valence-corrected chi connectivity index (χ4v) is 1.81. The van der Waals surface area contributed by atoms with Crippen molar-refractivity contribution in [1.29, 1.82) is 0 Å². The summed E-state index contributed by atoms with van der Waals surface area (Å²) in [5.41, 5.74) is 3.87. The molecule has 0 aliphatic rings. The lowest BCUT2D eigenvalue weighted by molar-refractivity contribution is -0.900. The molecule has 0 saturated carbocycles. The van der Waals surface area contributed by atoms with Crippen LogP contribution in [0.2, 0.25) is 0 Å². The Balaban J connectivity index is 3.33. The molecular weight excluding hydrogens is 160 g/mol. The Kier molecular flexibility index (Phi) is 9.94. The number of quaternary nitrogens is 2. The molecule has 0 aromatic heterocycles. The van der Waals surface area contributed by atoms with E-state index in [1.54, 1.807) is 4.90 Å². The normalized spacial score (nSPS) is 11.1. The maximum absolute atomic E-state index is 3.87. The second-order valence-electron chi connectivity index (χ2n) is 3.91. The van der Waals surface area contributed by atoms with Gasteiger partial charge in [-0.25, -0.2) is 0 Å². The summed E-state index contributed by atoms with van der Waals surface area (Å²) in [5.74, 6) is 0. The van der Waals surface area contributed by atoms with Crippen LogP contribution in [0.15, 0.2) is 0 Å². The van der Waals surface area contributed by atoms with Gasteiger partial charge in [-0.3, -0.25) is 0 Å². The summed E-state index contributed by atoms with van der Waals surface area (Å²) in [6.07, 6.45) is 6.73. The predicted octanol–water partition coefficient (Wildman–Crippen LogP) is 0.104. The maximum atomic E-state index is 3.87. The molecule has 0 aliphatic heterocycles. The first-order valence-electron chi connectivity index (χ1n) is 5.97. The van der Waals surface area contributed by atoms with Gasteiger partial charge in [0.1, 0.15) is 0 Å². The standard InChI is InChI=1S/C11H26N2/c1-3-9-13(10-4-2)11-7-5-6-8-12/h3-12H2,1-2H3/p+2. The Morgan fingerprint density at radius 3 is 1.92 bits per heavy atom. The summed E-state index contributed by atoms with van der Waals surface area (Å²) in [6.45, 7) is 9.77. The van der Waals surface area contributed by atoms with Gasteiger partial charge in [-0.1, -0.05) is 13.8 Å². The highest BCUT2D eigenvalue weighted by Gasteiger charge is 2.04. The van der Waals surface area contributed by atoms with Crippen molar-refractivity contribution < 1.29 is 10.6 Å². The summed E-state index contributed by atoms with van der Waals surface area (Å²) >= 11 is 0. The van der Waals surface area contributed by atoms with E-state index in [9.17, 15) is 0 Å². The summed E-state index contributed by atoms with van der Waals surface area (Å²) in [6, 6.07) is 0. The van der Waals surface area contributed by atoms with Crippen LogP contribution in [0.1, 0.15) is 46.0 Å². The van der Waals surface area contributed by atoms with Gasteiger partial charge in [0.15, 0.2) is 0 Å². The second kappa shape index (κ2) is 10.0. The van der Waals surface area contributed by atoms with Gasteiger partial charge in [0.25, 0.3) is 0 Å². The molecule has 0 fully saturated rings. The zero-order chi connectivity index (χ0) is 9.94. The van der Waals surface area contributed by atoms with Crippen molar-refractivity contribution in [2.75, 3.05) is 26.2 Å². The third kappa shape index (κ3) is 8.26. The van der Waals surface area contributed by atoms with Crippen LogP contribution in [0, 0.1) is 0 Å². The molecular formula is C11H28N2+2. The van der Waals surface area contributed by atoms with Crippen molar-refractivity contribution in [2.45, 2.75) is 46.0 Å². The van der Waals surface area contributed by atoms with Crippen LogP contribution < -0.4 is 10.6 Å². The van der Waals surface area contributed by atoms with Gasteiger partial charge in [-0.15, -0.1) is 0 Å². The topological polar surface area (TPSA) is 32.1 Å². The fourth-order valence-electron chi connectivity index (χ4n) is 1.81. The van der Waals surface area contributed by atoms with Crippen LogP contribution in [0.4, 0.5) is 0 Å². The lowest BCUT2D eigenvalue weighted by Gasteiger charge is -2.17. The number of hydrogen-bond acceptors (Lipinski definition) is 0. The molecule has 0 rings (SSSR count). The highest BCUT2D eigenvalue weighted by atomic mass is 15.1. The van der Waals surface area contributed by atoms with E-state index in [0.29, 0.717) is 0 Å².